The number of hydrogen-bond donors (Lipinski definition) is 2. The van der Waals surface area contributed by atoms with Crippen LogP contribution >= 0.6 is 0 Å². The van der Waals surface area contributed by atoms with Gasteiger partial charge >= 0.3 is 10.4 Å². The minimum absolute atomic E-state index is 0. The van der Waals surface area contributed by atoms with E-state index in [9.17, 15) is 0 Å². The first-order valence-electron chi connectivity index (χ1n) is 4.24. The summed E-state index contributed by atoms with van der Waals surface area (Å²) in [6, 6.07) is 11.0. The Kier molecular flexibility index (Phi) is 53.8. The monoisotopic (exact) mass is 391 g/mol. The molecule has 11 heteroatoms. The third-order valence-electron chi connectivity index (χ3n) is 1.03. The van der Waals surface area contributed by atoms with Crippen molar-refractivity contribution in [2.24, 2.45) is 0 Å². The third kappa shape index (κ3) is 63.4. The van der Waals surface area contributed by atoms with Gasteiger partial charge in [0.1, 0.15) is 0 Å². The predicted octanol–water partition coefficient (Wildman–Crippen LogP) is -0.0936. The molecule has 0 amide bonds. The number of rotatable bonds is 0. The van der Waals surface area contributed by atoms with Crippen LogP contribution in [0, 0.1) is 12.4 Å². The normalized spacial score (nSPS) is 6.70. The van der Waals surface area contributed by atoms with Gasteiger partial charge in [-0.05, 0) is 24.3 Å². The molecule has 0 saturated heterocycles. The van der Waals surface area contributed by atoms with E-state index in [1.807, 2.05) is 24.3 Å². The summed E-state index contributed by atoms with van der Waals surface area (Å²) >= 11 is 0. The first kappa shape index (κ1) is 43.0. The van der Waals surface area contributed by atoms with Crippen molar-refractivity contribution >= 4 is 10.4 Å². The first-order chi connectivity index (χ1) is 8.00. The number of nitrogens with zero attached hydrogens (tertiary/aromatic N) is 2. The Hall–Kier alpha value is -1.37. The van der Waals surface area contributed by atoms with E-state index >= 15 is 0 Å². The van der Waals surface area contributed by atoms with Gasteiger partial charge in [0, 0.05) is 30.9 Å². The van der Waals surface area contributed by atoms with Crippen LogP contribution in [0.15, 0.2) is 48.8 Å². The Morgan fingerprint density at radius 2 is 1.00 bits per heavy atom. The zero-order valence-electron chi connectivity index (χ0n) is 10.6. The van der Waals surface area contributed by atoms with E-state index in [4.69, 9.17) is 17.5 Å². The van der Waals surface area contributed by atoms with Crippen molar-refractivity contribution in [1.29, 1.82) is 0 Å². The summed E-state index contributed by atoms with van der Waals surface area (Å²) < 4.78 is 31.6. The van der Waals surface area contributed by atoms with Crippen LogP contribution in [-0.2, 0) is 29.0 Å². The first-order valence-corrected chi connectivity index (χ1v) is 5.64. The molecule has 2 rings (SSSR count). The second kappa shape index (κ2) is 28.7. The molecule has 0 saturated carbocycles. The molecule has 0 bridgehead atoms. The third-order valence-corrected chi connectivity index (χ3v) is 1.03. The van der Waals surface area contributed by atoms with Gasteiger partial charge in [-0.25, -0.2) is 0 Å². The van der Waals surface area contributed by atoms with E-state index in [-0.39, 0.29) is 49.8 Å². The van der Waals surface area contributed by atoms with Gasteiger partial charge in [-0.1, -0.05) is 27.0 Å². The Balaban J connectivity index is -0.0000000297. The van der Waals surface area contributed by atoms with Crippen molar-refractivity contribution in [2.75, 3.05) is 0 Å². The Bertz CT molecular complexity index is 382. The van der Waals surface area contributed by atoms with Crippen molar-refractivity contribution in [2.45, 2.75) is 14.9 Å². The summed E-state index contributed by atoms with van der Waals surface area (Å²) in [5.41, 5.74) is 0. The maximum absolute atomic E-state index is 8.74. The van der Waals surface area contributed by atoms with Gasteiger partial charge in [-0.2, -0.15) is 8.42 Å². The van der Waals surface area contributed by atoms with E-state index in [2.05, 4.69) is 22.4 Å². The molecule has 0 aliphatic rings. The fourth-order valence-electron chi connectivity index (χ4n) is 0.555. The minimum atomic E-state index is -4.67. The molecule has 8 N–H and O–H groups in total. The van der Waals surface area contributed by atoms with Crippen molar-refractivity contribution in [1.82, 2.24) is 9.97 Å². The molecular weight excluding hydrogens is 367 g/mol. The summed E-state index contributed by atoms with van der Waals surface area (Å²) in [4.78, 5) is 7.32. The van der Waals surface area contributed by atoms with Crippen LogP contribution in [0.1, 0.15) is 14.9 Å². The molecule has 3 radical (unpaired) electrons. The largest absolute Gasteiger partial charge is 0.412 e. The summed E-state index contributed by atoms with van der Waals surface area (Å²) in [7, 11) is -4.67. The van der Waals surface area contributed by atoms with Gasteiger partial charge in [0.05, 0.1) is 12.4 Å². The van der Waals surface area contributed by atoms with Crippen molar-refractivity contribution in [3.8, 4) is 0 Å². The summed E-state index contributed by atoms with van der Waals surface area (Å²) in [6.07, 6.45) is 8.67. The second-order valence-electron chi connectivity index (χ2n) is 2.37. The number of aromatic nitrogens is 2. The molecule has 0 atom stereocenters. The van der Waals surface area contributed by atoms with Crippen LogP contribution in [0.25, 0.3) is 0 Å². The molecule has 0 aliphatic heterocycles. The molecule has 2 heterocycles. The van der Waals surface area contributed by atoms with Gasteiger partial charge in [0.2, 0.25) is 0 Å². The average Bonchev–Trinajstić information content (AvgIpc) is 2.32. The van der Waals surface area contributed by atoms with Gasteiger partial charge in [0.25, 0.3) is 0 Å². The van der Waals surface area contributed by atoms with Gasteiger partial charge in [0.15, 0.2) is 0 Å². The van der Waals surface area contributed by atoms with Gasteiger partial charge in [-0.3, -0.25) is 19.1 Å². The molecule has 0 unspecified atom stereocenters. The standard InChI is InChI=1S/2C5H4N.2CH4.H2O4S.3H2O.V/c2*1-2-4-6-5-3-1;;;1-5(2,3)4;;;;/h2*1-4H;2*1H4;(H2,1,2,3,4);3*1H2;. The number of pyridine rings is 2. The summed E-state index contributed by atoms with van der Waals surface area (Å²) in [5, 5.41) is 0. The van der Waals surface area contributed by atoms with E-state index < -0.39 is 10.4 Å². The SMILES string of the molecule is C.C.O.O.O.O=S(=O)(O)O.[V].[c]1ccccn1.[c]1ccccn1. The van der Waals surface area contributed by atoms with Crippen LogP contribution < -0.4 is 0 Å². The zero-order valence-corrected chi connectivity index (χ0v) is 12.8. The van der Waals surface area contributed by atoms with E-state index in [0.717, 1.165) is 0 Å². The Labute approximate surface area is 149 Å². The van der Waals surface area contributed by atoms with Crippen molar-refractivity contribution in [3.63, 3.8) is 0 Å². The van der Waals surface area contributed by atoms with Crippen LogP contribution in [0.4, 0.5) is 0 Å². The van der Waals surface area contributed by atoms with Crippen molar-refractivity contribution in [3.05, 3.63) is 61.2 Å². The van der Waals surface area contributed by atoms with E-state index in [1.165, 1.54) is 0 Å². The molecular formula is C12H24N2O7SV. The molecule has 0 aliphatic carbocycles. The minimum Gasteiger partial charge on any atom is -0.412 e. The molecule has 0 fully saturated rings. The molecule has 135 valence electrons. The summed E-state index contributed by atoms with van der Waals surface area (Å²) in [6.45, 7) is 0. The van der Waals surface area contributed by atoms with Crippen LogP contribution in [0.3, 0.4) is 0 Å². The molecule has 9 nitrogen and oxygen atoms in total. The van der Waals surface area contributed by atoms with Crippen LogP contribution in [0.5, 0.6) is 0 Å². The van der Waals surface area contributed by atoms with E-state index in [1.54, 1.807) is 24.5 Å². The second-order valence-corrected chi connectivity index (χ2v) is 3.26. The topological polar surface area (TPSA) is 195 Å². The fourth-order valence-corrected chi connectivity index (χ4v) is 0.555. The van der Waals surface area contributed by atoms with E-state index in [0.29, 0.717) is 0 Å². The van der Waals surface area contributed by atoms with Crippen LogP contribution in [0.2, 0.25) is 0 Å². The molecule has 2 aromatic heterocycles. The number of hydrogen-bond acceptors (Lipinski definition) is 4. The predicted molar refractivity (Wildman–Crippen MR) is 84.6 cm³/mol. The smallest absolute Gasteiger partial charge is 0.394 e. The fraction of sp³-hybridized carbons (Fsp3) is 0.167. The average molecular weight is 391 g/mol. The van der Waals surface area contributed by atoms with Gasteiger partial charge < -0.3 is 16.4 Å². The van der Waals surface area contributed by atoms with Crippen LogP contribution in [-0.4, -0.2) is 43.9 Å². The summed E-state index contributed by atoms with van der Waals surface area (Å²) in [5.74, 6) is 0. The Morgan fingerprint density at radius 1 is 0.739 bits per heavy atom. The quantitative estimate of drug-likeness (QED) is 0.588. The molecule has 23 heavy (non-hydrogen) atoms. The maximum Gasteiger partial charge on any atom is 0.394 e. The zero-order chi connectivity index (χ0) is 13.0. The van der Waals surface area contributed by atoms with Gasteiger partial charge in [-0.15, -0.1) is 0 Å². The maximum atomic E-state index is 8.74. The molecule has 0 aromatic carbocycles. The Morgan fingerprint density at radius 3 is 1.04 bits per heavy atom. The molecule has 2 aromatic rings. The molecule has 0 spiro atoms. The van der Waals surface area contributed by atoms with Crippen molar-refractivity contribution < 1.29 is 52.5 Å².